The summed E-state index contributed by atoms with van der Waals surface area (Å²) in [4.78, 5) is 2.85. The second kappa shape index (κ2) is 16.8. The highest BCUT2D eigenvalue weighted by Crippen LogP contribution is 2.53. The zero-order valence-electron chi connectivity index (χ0n) is 22.9. The minimum absolute atomic E-state index is 0.0926. The first-order chi connectivity index (χ1) is 17.3. The van der Waals surface area contributed by atoms with Crippen LogP contribution in [-0.2, 0) is 5.60 Å². The van der Waals surface area contributed by atoms with Crippen LogP contribution < -0.4 is 4.74 Å². The summed E-state index contributed by atoms with van der Waals surface area (Å²) in [6.07, 6.45) is 28.8. The Balaban J connectivity index is 1.45. The van der Waals surface area contributed by atoms with Gasteiger partial charge in [-0.15, -0.1) is 22.7 Å². The van der Waals surface area contributed by atoms with E-state index in [0.717, 1.165) is 5.75 Å². The topological polar surface area (TPSA) is 9.23 Å². The molecule has 0 aromatic carbocycles. The smallest absolute Gasteiger partial charge is 0.140 e. The molecule has 1 aliphatic rings. The summed E-state index contributed by atoms with van der Waals surface area (Å²) in [5.74, 6) is 1.15. The third-order valence-electron chi connectivity index (χ3n) is 7.92. The van der Waals surface area contributed by atoms with Gasteiger partial charge >= 0.3 is 0 Å². The lowest BCUT2D eigenvalue weighted by molar-refractivity contribution is 0.0397. The molecule has 2 aromatic rings. The van der Waals surface area contributed by atoms with Crippen LogP contribution in [-0.4, -0.2) is 0 Å². The molecule has 0 bridgehead atoms. The van der Waals surface area contributed by atoms with Crippen LogP contribution in [0.5, 0.6) is 5.75 Å². The molecule has 0 aliphatic carbocycles. The third-order valence-corrected chi connectivity index (χ3v) is 9.89. The van der Waals surface area contributed by atoms with Crippen LogP contribution in [0.25, 0.3) is 9.75 Å². The second-order valence-electron chi connectivity index (χ2n) is 10.9. The molecule has 0 amide bonds. The molecule has 1 unspecified atom stereocenters. The Morgan fingerprint density at radius 2 is 0.971 bits per heavy atom. The zero-order valence-corrected chi connectivity index (χ0v) is 24.5. The molecule has 3 heteroatoms. The minimum Gasteiger partial charge on any atom is -0.481 e. The molecular weight excluding hydrogens is 464 g/mol. The highest BCUT2D eigenvalue weighted by Gasteiger charge is 2.41. The van der Waals surface area contributed by atoms with Crippen LogP contribution in [0.3, 0.4) is 0 Å². The van der Waals surface area contributed by atoms with Gasteiger partial charge in [-0.2, -0.15) is 0 Å². The Morgan fingerprint density at radius 1 is 0.543 bits per heavy atom. The molecule has 0 spiro atoms. The number of hydrogen-bond donors (Lipinski definition) is 0. The maximum absolute atomic E-state index is 6.92. The highest BCUT2D eigenvalue weighted by molar-refractivity contribution is 7.20. The largest absolute Gasteiger partial charge is 0.481 e. The van der Waals surface area contributed by atoms with E-state index in [0.29, 0.717) is 0 Å². The van der Waals surface area contributed by atoms with E-state index in [1.165, 1.54) is 150 Å². The van der Waals surface area contributed by atoms with E-state index in [2.05, 4.69) is 36.7 Å². The summed E-state index contributed by atoms with van der Waals surface area (Å²) in [6, 6.07) is 4.60. The molecule has 0 radical (unpaired) electrons. The van der Waals surface area contributed by atoms with Gasteiger partial charge < -0.3 is 4.74 Å². The molecule has 1 atom stereocenters. The number of fused-ring (bicyclic) bond motifs is 3. The summed E-state index contributed by atoms with van der Waals surface area (Å²) >= 11 is 3.77. The Hall–Kier alpha value is -0.800. The lowest BCUT2D eigenvalue weighted by Crippen LogP contribution is -2.35. The van der Waals surface area contributed by atoms with Gasteiger partial charge in [0.1, 0.15) is 11.4 Å². The van der Waals surface area contributed by atoms with Gasteiger partial charge in [-0.05, 0) is 48.6 Å². The highest BCUT2D eigenvalue weighted by atomic mass is 32.1. The van der Waals surface area contributed by atoms with Crippen LogP contribution in [0.15, 0.2) is 22.9 Å². The van der Waals surface area contributed by atoms with Crippen molar-refractivity contribution in [3.8, 4) is 15.5 Å². The van der Waals surface area contributed by atoms with Crippen molar-refractivity contribution in [1.29, 1.82) is 0 Å². The van der Waals surface area contributed by atoms with Gasteiger partial charge in [0.2, 0.25) is 0 Å². The molecule has 0 N–H and O–H groups in total. The van der Waals surface area contributed by atoms with E-state index >= 15 is 0 Å². The van der Waals surface area contributed by atoms with Gasteiger partial charge in [0.25, 0.3) is 0 Å². The molecule has 35 heavy (non-hydrogen) atoms. The third kappa shape index (κ3) is 9.22. The first-order valence-electron chi connectivity index (χ1n) is 15.2. The second-order valence-corrected chi connectivity index (χ2v) is 12.7. The Kier molecular flexibility index (Phi) is 13.8. The predicted octanol–water partition coefficient (Wildman–Crippen LogP) is 12.3. The average molecular weight is 517 g/mol. The molecule has 2 aromatic heterocycles. The number of rotatable bonds is 21. The fraction of sp³-hybridized carbons (Fsp3) is 0.750. The average Bonchev–Trinajstić information content (AvgIpc) is 3.54. The number of ether oxygens (including phenoxy) is 1. The number of unbranched alkanes of at least 4 members (excludes halogenated alkanes) is 17. The van der Waals surface area contributed by atoms with Crippen molar-refractivity contribution in [2.75, 3.05) is 0 Å². The summed E-state index contributed by atoms with van der Waals surface area (Å²) in [5, 5.41) is 4.51. The van der Waals surface area contributed by atoms with E-state index in [9.17, 15) is 0 Å². The molecular formula is C32H52OS2. The van der Waals surface area contributed by atoms with Crippen LogP contribution in [0.2, 0.25) is 0 Å². The molecule has 0 fully saturated rings. The molecule has 198 valence electrons. The lowest BCUT2D eigenvalue weighted by Gasteiger charge is -2.38. The zero-order chi connectivity index (χ0) is 24.6. The predicted molar refractivity (Wildman–Crippen MR) is 158 cm³/mol. The first-order valence-corrected chi connectivity index (χ1v) is 16.9. The fourth-order valence-corrected chi connectivity index (χ4v) is 7.76. The van der Waals surface area contributed by atoms with Crippen LogP contribution in [0.1, 0.15) is 154 Å². The SMILES string of the molecule is CCCCCCCCCCCCC1(CCCCCCCCCCC)Oc2ccsc2-c2sccc21. The van der Waals surface area contributed by atoms with Crippen molar-refractivity contribution >= 4 is 22.7 Å². The van der Waals surface area contributed by atoms with Gasteiger partial charge in [-0.3, -0.25) is 0 Å². The maximum Gasteiger partial charge on any atom is 0.140 e. The van der Waals surface area contributed by atoms with Crippen molar-refractivity contribution in [2.24, 2.45) is 0 Å². The van der Waals surface area contributed by atoms with Crippen LogP contribution >= 0.6 is 22.7 Å². The number of thiophene rings is 2. The van der Waals surface area contributed by atoms with Gasteiger partial charge in [0, 0.05) is 5.56 Å². The summed E-state index contributed by atoms with van der Waals surface area (Å²) in [6.45, 7) is 4.60. The van der Waals surface area contributed by atoms with Crippen molar-refractivity contribution in [2.45, 2.75) is 154 Å². The van der Waals surface area contributed by atoms with E-state index in [4.69, 9.17) is 4.74 Å². The Morgan fingerprint density at radius 3 is 1.49 bits per heavy atom. The normalized spacial score (nSPS) is 16.7. The molecule has 1 nitrogen and oxygen atoms in total. The van der Waals surface area contributed by atoms with E-state index in [1.54, 1.807) is 0 Å². The van der Waals surface area contributed by atoms with Crippen LogP contribution in [0, 0.1) is 0 Å². The molecule has 3 heterocycles. The summed E-state index contributed by atoms with van der Waals surface area (Å²) in [7, 11) is 0. The Labute approximate surface area is 225 Å². The molecule has 3 rings (SSSR count). The molecule has 0 saturated heterocycles. The molecule has 1 aliphatic heterocycles. The van der Waals surface area contributed by atoms with Crippen molar-refractivity contribution in [3.63, 3.8) is 0 Å². The van der Waals surface area contributed by atoms with Gasteiger partial charge in [0.05, 0.1) is 9.75 Å². The standard InChI is InChI=1S/C32H52OS2/c1-3-5-7-9-11-13-15-17-19-21-25-32(24-20-18-16-14-12-10-8-6-4-2)28-22-26-34-30(28)31-29(33-32)23-27-35-31/h22-23,26-27H,3-21,24-25H2,1-2H3. The maximum atomic E-state index is 6.92. The fourth-order valence-electron chi connectivity index (χ4n) is 5.77. The van der Waals surface area contributed by atoms with Crippen molar-refractivity contribution in [3.05, 3.63) is 28.5 Å². The lowest BCUT2D eigenvalue weighted by atomic mass is 9.81. The van der Waals surface area contributed by atoms with Crippen LogP contribution in [0.4, 0.5) is 0 Å². The summed E-state index contributed by atoms with van der Waals surface area (Å²) < 4.78 is 6.92. The van der Waals surface area contributed by atoms with Gasteiger partial charge in [-0.25, -0.2) is 0 Å². The van der Waals surface area contributed by atoms with Crippen molar-refractivity contribution < 1.29 is 4.74 Å². The summed E-state index contributed by atoms with van der Waals surface area (Å²) in [5.41, 5.74) is 1.40. The van der Waals surface area contributed by atoms with E-state index in [-0.39, 0.29) is 5.60 Å². The van der Waals surface area contributed by atoms with E-state index < -0.39 is 0 Å². The molecule has 0 saturated carbocycles. The van der Waals surface area contributed by atoms with E-state index in [1.807, 2.05) is 22.7 Å². The van der Waals surface area contributed by atoms with Gasteiger partial charge in [-0.1, -0.05) is 123 Å². The Bertz CT molecular complexity index is 791. The number of hydrogen-bond acceptors (Lipinski definition) is 3. The first kappa shape index (κ1) is 28.8. The quantitative estimate of drug-likeness (QED) is 0.150. The minimum atomic E-state index is -0.0926. The monoisotopic (exact) mass is 516 g/mol. The van der Waals surface area contributed by atoms with Gasteiger partial charge in [0.15, 0.2) is 0 Å². The van der Waals surface area contributed by atoms with Crippen molar-refractivity contribution in [1.82, 2.24) is 0 Å².